The molecule has 2 aliphatic carbocycles. The Bertz CT molecular complexity index is 654. The fourth-order valence-corrected chi connectivity index (χ4v) is 4.60. The second kappa shape index (κ2) is 8.67. The van der Waals surface area contributed by atoms with E-state index in [9.17, 15) is 13.2 Å². The van der Waals surface area contributed by atoms with Crippen LogP contribution in [0.1, 0.15) is 86.7 Å². The van der Waals surface area contributed by atoms with Gasteiger partial charge in [0, 0.05) is 4.11 Å². The van der Waals surface area contributed by atoms with E-state index in [2.05, 4.69) is 11.7 Å². The van der Waals surface area contributed by atoms with E-state index in [1.807, 2.05) is 0 Å². The molecule has 2 fully saturated rings. The van der Waals surface area contributed by atoms with Crippen LogP contribution in [0, 0.1) is 17.8 Å². The summed E-state index contributed by atoms with van der Waals surface area (Å²) in [5.74, 6) is 0.568. The van der Waals surface area contributed by atoms with Crippen LogP contribution in [0.15, 0.2) is 24.3 Å². The van der Waals surface area contributed by atoms with Gasteiger partial charge in [-0.15, -0.1) is 13.2 Å². The molecule has 1 aromatic rings. The van der Waals surface area contributed by atoms with E-state index in [1.165, 1.54) is 49.9 Å². The molecule has 1 aromatic carbocycles. The minimum Gasteiger partial charge on any atom is -0.406 e. The summed E-state index contributed by atoms with van der Waals surface area (Å²) in [6, 6.07) is 5.38. The number of rotatable bonds is 5. The van der Waals surface area contributed by atoms with E-state index in [1.54, 1.807) is 0 Å². The number of hydrogen-bond donors (Lipinski definition) is 0. The van der Waals surface area contributed by atoms with Crippen molar-refractivity contribution in [3.8, 4) is 5.75 Å². The number of hydrogen-bond acceptors (Lipinski definition) is 1. The molecule has 0 amide bonds. The molecule has 3 rings (SSSR count). The molecule has 0 spiro atoms. The summed E-state index contributed by atoms with van der Waals surface area (Å²) < 4.78 is 66.9. The lowest BCUT2D eigenvalue weighted by Gasteiger charge is -2.38. The maximum Gasteiger partial charge on any atom is 0.573 e. The Labute approximate surface area is 159 Å². The van der Waals surface area contributed by atoms with Gasteiger partial charge in [-0.05, 0) is 79.8 Å². The van der Waals surface area contributed by atoms with Crippen LogP contribution in [0.25, 0.3) is 0 Å². The van der Waals surface area contributed by atoms with E-state index < -0.39 is 25.1 Å². The average Bonchev–Trinajstić information content (AvgIpc) is 2.61. The third kappa shape index (κ3) is 5.40. The molecule has 2 aliphatic rings. The molecule has 3 atom stereocenters. The molecule has 26 heavy (non-hydrogen) atoms. The van der Waals surface area contributed by atoms with Gasteiger partial charge in [0.1, 0.15) is 5.75 Å². The molecule has 1 nitrogen and oxygen atoms in total. The van der Waals surface area contributed by atoms with Crippen molar-refractivity contribution in [3.63, 3.8) is 0 Å². The van der Waals surface area contributed by atoms with Crippen LogP contribution in [0.4, 0.5) is 13.2 Å². The Morgan fingerprint density at radius 1 is 1.00 bits per heavy atom. The summed E-state index contributed by atoms with van der Waals surface area (Å²) in [5, 5.41) is 0. The predicted octanol–water partition coefficient (Wildman–Crippen LogP) is 7.47. The molecule has 0 saturated heterocycles. The molecular formula is C22H31F3O. The van der Waals surface area contributed by atoms with E-state index in [0.717, 1.165) is 18.8 Å². The molecule has 0 radical (unpaired) electrons. The van der Waals surface area contributed by atoms with Crippen LogP contribution >= 0.6 is 0 Å². The highest BCUT2D eigenvalue weighted by Crippen LogP contribution is 2.44. The normalized spacial score (nSPS) is 36.6. The SMILES string of the molecule is [2H][C@@H]1C[C@@H]([C@H]2CC[C@H](CCC)CC2)CC([2H])([2H])C1c1ccc(OC(F)(F)F)cc1. The van der Waals surface area contributed by atoms with Gasteiger partial charge in [-0.1, -0.05) is 44.7 Å². The van der Waals surface area contributed by atoms with Crippen molar-refractivity contribution in [1.29, 1.82) is 0 Å². The maximum absolute atomic E-state index is 12.4. The zero-order valence-electron chi connectivity index (χ0n) is 18.4. The van der Waals surface area contributed by atoms with Crippen LogP contribution in [0.2, 0.25) is 0 Å². The Morgan fingerprint density at radius 2 is 1.65 bits per heavy atom. The van der Waals surface area contributed by atoms with Crippen molar-refractivity contribution in [2.24, 2.45) is 17.8 Å². The van der Waals surface area contributed by atoms with E-state index in [4.69, 9.17) is 4.11 Å². The van der Waals surface area contributed by atoms with E-state index >= 15 is 0 Å². The van der Waals surface area contributed by atoms with Crippen LogP contribution in [-0.2, 0) is 0 Å². The summed E-state index contributed by atoms with van der Waals surface area (Å²) in [6.45, 7) is 2.22. The number of ether oxygens (including phenoxy) is 1. The third-order valence-corrected chi connectivity index (χ3v) is 6.00. The van der Waals surface area contributed by atoms with Gasteiger partial charge in [-0.3, -0.25) is 0 Å². The van der Waals surface area contributed by atoms with Gasteiger partial charge in [0.05, 0.1) is 0 Å². The van der Waals surface area contributed by atoms with Gasteiger partial charge >= 0.3 is 6.36 Å². The van der Waals surface area contributed by atoms with Crippen LogP contribution in [0.5, 0.6) is 5.75 Å². The highest BCUT2D eigenvalue weighted by Gasteiger charge is 2.32. The molecule has 0 aliphatic heterocycles. The maximum atomic E-state index is 12.4. The largest absolute Gasteiger partial charge is 0.573 e. The second-order valence-corrected chi connectivity index (χ2v) is 7.80. The van der Waals surface area contributed by atoms with Gasteiger partial charge in [0.25, 0.3) is 0 Å². The summed E-state index contributed by atoms with van der Waals surface area (Å²) in [4.78, 5) is 0. The van der Waals surface area contributed by atoms with Crippen molar-refractivity contribution in [3.05, 3.63) is 29.8 Å². The lowest BCUT2D eigenvalue weighted by molar-refractivity contribution is -0.274. The first-order valence-corrected chi connectivity index (χ1v) is 9.87. The van der Waals surface area contributed by atoms with Crippen LogP contribution < -0.4 is 4.74 Å². The molecule has 146 valence electrons. The zero-order chi connectivity index (χ0) is 21.2. The summed E-state index contributed by atoms with van der Waals surface area (Å²) in [5.41, 5.74) is 0.578. The van der Waals surface area contributed by atoms with Gasteiger partial charge < -0.3 is 4.74 Å². The smallest absolute Gasteiger partial charge is 0.406 e. The van der Waals surface area contributed by atoms with Crippen molar-refractivity contribution in [2.45, 2.75) is 83.3 Å². The Morgan fingerprint density at radius 3 is 2.23 bits per heavy atom. The fourth-order valence-electron chi connectivity index (χ4n) is 4.60. The number of alkyl halides is 3. The van der Waals surface area contributed by atoms with E-state index in [-0.39, 0.29) is 11.7 Å². The lowest BCUT2D eigenvalue weighted by atomic mass is 9.68. The quantitative estimate of drug-likeness (QED) is 0.522. The predicted molar refractivity (Wildman–Crippen MR) is 98.2 cm³/mol. The zero-order valence-corrected chi connectivity index (χ0v) is 15.4. The van der Waals surface area contributed by atoms with Gasteiger partial charge in [-0.25, -0.2) is 0 Å². The molecule has 0 N–H and O–H groups in total. The molecule has 4 heteroatoms. The number of halogens is 3. The Kier molecular flexibility index (Phi) is 5.28. The van der Waals surface area contributed by atoms with Crippen LogP contribution in [0.3, 0.4) is 0 Å². The molecule has 0 aromatic heterocycles. The van der Waals surface area contributed by atoms with Crippen molar-refractivity contribution in [2.75, 3.05) is 0 Å². The fraction of sp³-hybridized carbons (Fsp3) is 0.727. The summed E-state index contributed by atoms with van der Waals surface area (Å²) in [7, 11) is 0. The summed E-state index contributed by atoms with van der Waals surface area (Å²) >= 11 is 0. The van der Waals surface area contributed by atoms with Crippen molar-refractivity contribution in [1.82, 2.24) is 0 Å². The number of benzene rings is 1. The first-order valence-electron chi connectivity index (χ1n) is 11.4. The first-order chi connectivity index (χ1) is 13.6. The lowest BCUT2D eigenvalue weighted by Crippen LogP contribution is -2.25. The van der Waals surface area contributed by atoms with Gasteiger partial charge in [0.15, 0.2) is 0 Å². The minimum absolute atomic E-state index is 0.221. The molecule has 2 saturated carbocycles. The van der Waals surface area contributed by atoms with Gasteiger partial charge in [-0.2, -0.15) is 0 Å². The minimum atomic E-state index is -4.75. The Hall–Kier alpha value is -1.19. The third-order valence-electron chi connectivity index (χ3n) is 6.00. The topological polar surface area (TPSA) is 9.23 Å². The second-order valence-electron chi connectivity index (χ2n) is 7.80. The van der Waals surface area contributed by atoms with Crippen LogP contribution in [-0.4, -0.2) is 6.36 Å². The summed E-state index contributed by atoms with van der Waals surface area (Å²) in [6.07, 6.45) is 1.38. The Balaban J connectivity index is 1.66. The average molecular weight is 372 g/mol. The standard InChI is InChI=1S/C22H31F3O/c1-2-3-16-4-6-17(7-5-16)18-8-10-19(11-9-18)20-12-14-21(15-13-20)26-22(23,24)25/h12-19H,2-11H2,1H3/t16-,17-,18-,19?/i10D,11D2/t10-,16-,17-,18-,19?/m1/s1. The molecule has 0 heterocycles. The molecule has 0 bridgehead atoms. The molecular weight excluding hydrogens is 337 g/mol. The van der Waals surface area contributed by atoms with Crippen molar-refractivity contribution < 1.29 is 22.0 Å². The van der Waals surface area contributed by atoms with Crippen molar-refractivity contribution >= 4 is 0 Å². The monoisotopic (exact) mass is 371 g/mol. The van der Waals surface area contributed by atoms with Gasteiger partial charge in [0.2, 0.25) is 0 Å². The van der Waals surface area contributed by atoms with E-state index in [0.29, 0.717) is 24.3 Å². The highest BCUT2D eigenvalue weighted by molar-refractivity contribution is 5.29. The first kappa shape index (κ1) is 15.8. The highest BCUT2D eigenvalue weighted by atomic mass is 19.4. The molecule has 1 unspecified atom stereocenters.